The minimum Gasteiger partial charge on any atom is -0.496 e. The zero-order chi connectivity index (χ0) is 27.6. The Balaban J connectivity index is 1.35. The minimum absolute atomic E-state index is 0.0389. The fourth-order valence-electron chi connectivity index (χ4n) is 4.61. The van der Waals surface area contributed by atoms with Crippen LogP contribution in [0.1, 0.15) is 16.7 Å². The van der Waals surface area contributed by atoms with Crippen molar-refractivity contribution in [3.63, 3.8) is 0 Å². The number of methoxy groups -OCH3 is 1. The molecule has 3 aromatic rings. The number of nitrogens with zero attached hydrogens (tertiary/aromatic N) is 4. The number of anilines is 2. The molecule has 39 heavy (non-hydrogen) atoms. The van der Waals surface area contributed by atoms with E-state index in [2.05, 4.69) is 15.3 Å². The van der Waals surface area contributed by atoms with E-state index >= 15 is 0 Å². The van der Waals surface area contributed by atoms with E-state index in [4.69, 9.17) is 9.47 Å². The number of ether oxygens (including phenoxy) is 2. The van der Waals surface area contributed by atoms with Crippen molar-refractivity contribution in [3.05, 3.63) is 53.3 Å². The first-order valence-corrected chi connectivity index (χ1v) is 12.9. The van der Waals surface area contributed by atoms with Gasteiger partial charge in [0.25, 0.3) is 0 Å². The summed E-state index contributed by atoms with van der Waals surface area (Å²) >= 11 is 1.37. The maximum atomic E-state index is 13.0. The Labute approximate surface area is 225 Å². The number of hydrogen-bond acceptors (Lipinski definition) is 9. The summed E-state index contributed by atoms with van der Waals surface area (Å²) in [5.41, 5.74) is 2.55. The molecule has 4 heterocycles. The van der Waals surface area contributed by atoms with Crippen molar-refractivity contribution in [2.75, 3.05) is 45.3 Å². The molecule has 1 N–H and O–H groups in total. The Morgan fingerprint density at radius 1 is 1.21 bits per heavy atom. The lowest BCUT2D eigenvalue weighted by Crippen LogP contribution is -2.40. The van der Waals surface area contributed by atoms with Gasteiger partial charge in [-0.1, -0.05) is 11.3 Å². The summed E-state index contributed by atoms with van der Waals surface area (Å²) in [6.45, 7) is 0.393. The number of morpholine rings is 1. The standard InChI is InChI=1S/C26H24F3N5O4S/c1-37-20-10-18(9-17-3-5-34(15-26(27,28)29)19(13-35)24(17)20)21-11-31-25(39-21)32-22-8-16(2-4-30-22)12-33-6-7-38-14-23(33)36/h2,4,8-11H,3,5-7,12,14-15H2,1H3,(H,30,31,32). The Hall–Kier alpha value is -3.93. The largest absolute Gasteiger partial charge is 0.496 e. The fourth-order valence-corrected chi connectivity index (χ4v) is 5.42. The maximum Gasteiger partial charge on any atom is 0.405 e. The Kier molecular flexibility index (Phi) is 7.56. The Morgan fingerprint density at radius 3 is 2.79 bits per heavy atom. The normalized spacial score (nSPS) is 15.7. The molecule has 2 aliphatic heterocycles. The number of thiazole rings is 1. The monoisotopic (exact) mass is 559 g/mol. The van der Waals surface area contributed by atoms with E-state index in [1.54, 1.807) is 29.3 Å². The van der Waals surface area contributed by atoms with Gasteiger partial charge in [0.2, 0.25) is 5.91 Å². The number of carbonyl (C=O) groups is 1. The van der Waals surface area contributed by atoms with Gasteiger partial charge in [-0.25, -0.2) is 14.8 Å². The van der Waals surface area contributed by atoms with Crippen LogP contribution >= 0.6 is 11.3 Å². The quantitative estimate of drug-likeness (QED) is 0.436. The van der Waals surface area contributed by atoms with E-state index < -0.39 is 12.7 Å². The molecule has 2 aliphatic rings. The average molecular weight is 560 g/mol. The Bertz CT molecular complexity index is 1420. The highest BCUT2D eigenvalue weighted by Gasteiger charge is 2.36. The molecule has 0 bridgehead atoms. The van der Waals surface area contributed by atoms with E-state index in [0.717, 1.165) is 20.9 Å². The summed E-state index contributed by atoms with van der Waals surface area (Å²) in [5, 5.41) is 3.77. The molecule has 0 radical (unpaired) electrons. The molecule has 9 nitrogen and oxygen atoms in total. The van der Waals surface area contributed by atoms with Gasteiger partial charge in [-0.3, -0.25) is 4.79 Å². The Morgan fingerprint density at radius 2 is 2.05 bits per heavy atom. The van der Waals surface area contributed by atoms with Crippen LogP contribution in [0.4, 0.5) is 24.1 Å². The summed E-state index contributed by atoms with van der Waals surface area (Å²) in [7, 11) is 1.41. The van der Waals surface area contributed by atoms with Crippen LogP contribution in [0, 0.1) is 0 Å². The predicted molar refractivity (Wildman–Crippen MR) is 138 cm³/mol. The van der Waals surface area contributed by atoms with Gasteiger partial charge < -0.3 is 24.6 Å². The summed E-state index contributed by atoms with van der Waals surface area (Å²) in [6.07, 6.45) is -0.800. The number of rotatable bonds is 7. The molecule has 13 heteroatoms. The first-order chi connectivity index (χ1) is 18.7. The molecular formula is C26H24F3N5O4S. The number of pyridine rings is 1. The van der Waals surface area contributed by atoms with Crippen LogP contribution < -0.4 is 10.1 Å². The van der Waals surface area contributed by atoms with Gasteiger partial charge in [0.1, 0.15) is 30.4 Å². The lowest BCUT2D eigenvalue weighted by molar-refractivity contribution is -0.143. The highest BCUT2D eigenvalue weighted by atomic mass is 32.1. The van der Waals surface area contributed by atoms with E-state index in [9.17, 15) is 22.8 Å². The van der Waals surface area contributed by atoms with Gasteiger partial charge in [0.05, 0.1) is 24.2 Å². The zero-order valence-corrected chi connectivity index (χ0v) is 21.7. The van der Waals surface area contributed by atoms with Crippen molar-refractivity contribution < 1.29 is 32.2 Å². The van der Waals surface area contributed by atoms with Crippen molar-refractivity contribution in [1.82, 2.24) is 19.8 Å². The van der Waals surface area contributed by atoms with E-state index in [-0.39, 0.29) is 24.8 Å². The van der Waals surface area contributed by atoms with Gasteiger partial charge in [0.15, 0.2) is 11.1 Å². The molecule has 0 unspecified atom stereocenters. The summed E-state index contributed by atoms with van der Waals surface area (Å²) in [4.78, 5) is 36.0. The first-order valence-electron chi connectivity index (χ1n) is 12.1. The van der Waals surface area contributed by atoms with Crippen molar-refractivity contribution in [3.8, 4) is 16.2 Å². The van der Waals surface area contributed by atoms with Crippen LogP contribution in [0.15, 0.2) is 36.7 Å². The molecule has 0 spiro atoms. The lowest BCUT2D eigenvalue weighted by atomic mass is 9.93. The second-order valence-electron chi connectivity index (χ2n) is 9.02. The zero-order valence-electron chi connectivity index (χ0n) is 20.9. The van der Waals surface area contributed by atoms with Crippen LogP contribution in [-0.4, -0.2) is 77.8 Å². The van der Waals surface area contributed by atoms with E-state index in [0.29, 0.717) is 53.9 Å². The van der Waals surface area contributed by atoms with Crippen LogP contribution in [-0.2, 0) is 27.3 Å². The predicted octanol–water partition coefficient (Wildman–Crippen LogP) is 3.91. The number of amides is 1. The molecule has 1 aromatic carbocycles. The SMILES string of the molecule is COc1cc(-c2cnc(Nc3cc(CN4CCOCC4=O)ccn3)s2)cc2c1C(=C=O)N(CC(F)(F)F)CC2. The van der Waals surface area contributed by atoms with Crippen LogP contribution in [0.5, 0.6) is 5.75 Å². The van der Waals surface area contributed by atoms with E-state index in [1.807, 2.05) is 18.2 Å². The van der Waals surface area contributed by atoms with Crippen molar-refractivity contribution in [1.29, 1.82) is 0 Å². The molecule has 5 rings (SSSR count). The van der Waals surface area contributed by atoms with Crippen LogP contribution in [0.3, 0.4) is 0 Å². The molecule has 1 amide bonds. The summed E-state index contributed by atoms with van der Waals surface area (Å²) in [6, 6.07) is 7.22. The highest BCUT2D eigenvalue weighted by molar-refractivity contribution is 7.18. The number of aromatic nitrogens is 2. The highest BCUT2D eigenvalue weighted by Crippen LogP contribution is 2.41. The number of nitrogens with one attached hydrogen (secondary N) is 1. The number of alkyl halides is 3. The molecular weight excluding hydrogens is 535 g/mol. The average Bonchev–Trinajstić information content (AvgIpc) is 3.37. The third-order valence-corrected chi connectivity index (χ3v) is 7.34. The third kappa shape index (κ3) is 6.06. The smallest absolute Gasteiger partial charge is 0.405 e. The van der Waals surface area contributed by atoms with Crippen LogP contribution in [0.25, 0.3) is 16.1 Å². The van der Waals surface area contributed by atoms with Gasteiger partial charge in [0, 0.05) is 32.0 Å². The van der Waals surface area contributed by atoms with Crippen LogP contribution in [0.2, 0.25) is 0 Å². The molecule has 0 atom stereocenters. The molecule has 1 saturated heterocycles. The topological polar surface area (TPSA) is 96.9 Å². The fraction of sp³-hybridized carbons (Fsp3) is 0.346. The number of halogens is 3. The molecule has 0 aliphatic carbocycles. The second-order valence-corrected chi connectivity index (χ2v) is 10.1. The van der Waals surface area contributed by atoms with Gasteiger partial charge >= 0.3 is 6.18 Å². The maximum absolute atomic E-state index is 13.0. The van der Waals surface area contributed by atoms with Crippen molar-refractivity contribution in [2.45, 2.75) is 19.1 Å². The second kappa shape index (κ2) is 11.0. The number of carbonyl (C=O) groups excluding carboxylic acids is 2. The first kappa shape index (κ1) is 26.7. The number of fused-ring (bicyclic) bond motifs is 1. The van der Waals surface area contributed by atoms with Crippen molar-refractivity contribution >= 4 is 39.8 Å². The summed E-state index contributed by atoms with van der Waals surface area (Å²) < 4.78 is 49.8. The third-order valence-electron chi connectivity index (χ3n) is 6.38. The lowest BCUT2D eigenvalue weighted by Gasteiger charge is -2.32. The molecule has 204 valence electrons. The number of benzene rings is 1. The molecule has 1 fully saturated rings. The molecule has 0 saturated carbocycles. The van der Waals surface area contributed by atoms with Gasteiger partial charge in [-0.05, 0) is 47.4 Å². The summed E-state index contributed by atoms with van der Waals surface area (Å²) in [5.74, 6) is 2.50. The van der Waals surface area contributed by atoms with Crippen molar-refractivity contribution in [2.24, 2.45) is 0 Å². The number of hydrogen-bond donors (Lipinski definition) is 1. The van der Waals surface area contributed by atoms with Gasteiger partial charge in [-0.2, -0.15) is 13.2 Å². The minimum atomic E-state index is -4.45. The molecule has 2 aromatic heterocycles. The van der Waals surface area contributed by atoms with E-state index in [1.165, 1.54) is 18.4 Å². The van der Waals surface area contributed by atoms with Gasteiger partial charge in [-0.15, -0.1) is 0 Å².